The molecule has 1 saturated carbocycles. The summed E-state index contributed by atoms with van der Waals surface area (Å²) in [6.45, 7) is 1.99. The summed E-state index contributed by atoms with van der Waals surface area (Å²) in [7, 11) is 2.04. The summed E-state index contributed by atoms with van der Waals surface area (Å²) in [5.41, 5.74) is 3.26. The average Bonchev–Trinajstić information content (AvgIpc) is 3.13. The van der Waals surface area contributed by atoms with Crippen LogP contribution in [0.4, 0.5) is 0 Å². The van der Waals surface area contributed by atoms with Crippen molar-refractivity contribution in [2.24, 2.45) is 22.9 Å². The summed E-state index contributed by atoms with van der Waals surface area (Å²) in [6, 6.07) is 23.3. The third-order valence-corrected chi connectivity index (χ3v) is 7.37. The Hall–Kier alpha value is -3.19. The van der Waals surface area contributed by atoms with E-state index in [1.807, 2.05) is 44.3 Å². The molecule has 5 rings (SSSR count). The fourth-order valence-corrected chi connectivity index (χ4v) is 6.07. The van der Waals surface area contributed by atoms with E-state index in [4.69, 9.17) is 5.10 Å². The maximum Gasteiger partial charge on any atom is 0.176 e. The van der Waals surface area contributed by atoms with E-state index in [0.29, 0.717) is 0 Å². The second-order valence-electron chi connectivity index (χ2n) is 8.76. The normalized spacial score (nSPS) is 32.6. The SMILES string of the molecule is CC1C(=O)C(C#N)=C[C@]2(c3ccccc3)C3=NN(C)C(c4ccccc4)C3CCC12. The van der Waals surface area contributed by atoms with Crippen LogP contribution in [0.25, 0.3) is 0 Å². The van der Waals surface area contributed by atoms with Crippen molar-refractivity contribution in [2.75, 3.05) is 7.05 Å². The first kappa shape index (κ1) is 18.8. The van der Waals surface area contributed by atoms with Crippen LogP contribution < -0.4 is 0 Å². The van der Waals surface area contributed by atoms with Crippen LogP contribution in [0.2, 0.25) is 0 Å². The largest absolute Gasteiger partial charge is 0.293 e. The Morgan fingerprint density at radius 2 is 1.73 bits per heavy atom. The van der Waals surface area contributed by atoms with Gasteiger partial charge in [0.25, 0.3) is 0 Å². The zero-order valence-corrected chi connectivity index (χ0v) is 17.3. The Morgan fingerprint density at radius 1 is 1.07 bits per heavy atom. The summed E-state index contributed by atoms with van der Waals surface area (Å²) in [5, 5.41) is 17.0. The Morgan fingerprint density at radius 3 is 2.40 bits per heavy atom. The number of carbonyl (C=O) groups is 1. The van der Waals surface area contributed by atoms with Crippen molar-refractivity contribution < 1.29 is 4.79 Å². The number of Topliss-reactive ketones (excluding diaryl/α,β-unsaturated/α-hetero) is 1. The van der Waals surface area contributed by atoms with Gasteiger partial charge in [-0.05, 0) is 36.0 Å². The summed E-state index contributed by atoms with van der Waals surface area (Å²) < 4.78 is 0. The van der Waals surface area contributed by atoms with E-state index >= 15 is 0 Å². The molecule has 1 aliphatic heterocycles. The van der Waals surface area contributed by atoms with E-state index in [1.54, 1.807) is 0 Å². The minimum Gasteiger partial charge on any atom is -0.293 e. The van der Waals surface area contributed by atoms with Crippen LogP contribution in [-0.2, 0) is 10.2 Å². The van der Waals surface area contributed by atoms with Crippen LogP contribution in [0, 0.1) is 29.1 Å². The van der Waals surface area contributed by atoms with Crippen molar-refractivity contribution in [3.05, 3.63) is 83.4 Å². The van der Waals surface area contributed by atoms with Gasteiger partial charge in [0.05, 0.1) is 22.7 Å². The molecule has 4 unspecified atom stereocenters. The predicted octanol–water partition coefficient (Wildman–Crippen LogP) is 4.66. The molecule has 4 nitrogen and oxygen atoms in total. The van der Waals surface area contributed by atoms with E-state index in [-0.39, 0.29) is 35.2 Å². The number of allylic oxidation sites excluding steroid dienone is 2. The predicted molar refractivity (Wildman–Crippen MR) is 117 cm³/mol. The molecular formula is C26H25N3O. The van der Waals surface area contributed by atoms with E-state index in [2.05, 4.69) is 47.5 Å². The fraction of sp³-hybridized carbons (Fsp3) is 0.346. The van der Waals surface area contributed by atoms with Crippen LogP contribution in [0.1, 0.15) is 36.9 Å². The third-order valence-electron chi connectivity index (χ3n) is 7.37. The van der Waals surface area contributed by atoms with Crippen LogP contribution in [0.3, 0.4) is 0 Å². The molecule has 5 atom stereocenters. The average molecular weight is 396 g/mol. The van der Waals surface area contributed by atoms with Crippen LogP contribution >= 0.6 is 0 Å². The number of nitriles is 1. The zero-order valence-electron chi connectivity index (χ0n) is 17.3. The Kier molecular flexibility index (Phi) is 4.36. The monoisotopic (exact) mass is 395 g/mol. The van der Waals surface area contributed by atoms with Gasteiger partial charge in [-0.3, -0.25) is 9.80 Å². The maximum atomic E-state index is 12.9. The lowest BCUT2D eigenvalue weighted by atomic mass is 9.51. The molecule has 2 aliphatic carbocycles. The first-order valence-electron chi connectivity index (χ1n) is 10.7. The highest BCUT2D eigenvalue weighted by molar-refractivity contribution is 6.09. The first-order chi connectivity index (χ1) is 14.6. The summed E-state index contributed by atoms with van der Waals surface area (Å²) >= 11 is 0. The second-order valence-corrected chi connectivity index (χ2v) is 8.76. The highest BCUT2D eigenvalue weighted by Crippen LogP contribution is 2.56. The standard InChI is InChI=1S/C26H25N3O/c1-17-22-14-13-21-23(18-9-5-3-6-10-18)29(2)28-25(21)26(22,15-19(16-27)24(17)30)20-11-7-4-8-12-20/h3-12,15,17,21-23H,13-14H2,1-2H3/t17?,21?,22?,23?,26-/m1/s1. The van der Waals surface area contributed by atoms with Gasteiger partial charge in [0.15, 0.2) is 5.78 Å². The summed E-state index contributed by atoms with van der Waals surface area (Å²) in [5.74, 6) is 0.140. The molecular weight excluding hydrogens is 370 g/mol. The number of hydrogen-bond acceptors (Lipinski definition) is 4. The minimum absolute atomic E-state index is 0.0286. The number of ketones is 1. The van der Waals surface area contributed by atoms with Crippen molar-refractivity contribution in [3.63, 3.8) is 0 Å². The highest BCUT2D eigenvalue weighted by Gasteiger charge is 2.58. The zero-order chi connectivity index (χ0) is 20.9. The van der Waals surface area contributed by atoms with Crippen molar-refractivity contribution in [1.29, 1.82) is 5.26 Å². The van der Waals surface area contributed by atoms with Crippen LogP contribution in [0.5, 0.6) is 0 Å². The highest BCUT2D eigenvalue weighted by atomic mass is 16.1. The van der Waals surface area contributed by atoms with Crippen molar-refractivity contribution >= 4 is 11.5 Å². The lowest BCUT2D eigenvalue weighted by Gasteiger charge is -2.50. The molecule has 150 valence electrons. The molecule has 0 radical (unpaired) electrons. The van der Waals surface area contributed by atoms with Crippen molar-refractivity contribution in [3.8, 4) is 6.07 Å². The summed E-state index contributed by atoms with van der Waals surface area (Å²) in [4.78, 5) is 12.9. The van der Waals surface area contributed by atoms with E-state index < -0.39 is 5.41 Å². The molecule has 30 heavy (non-hydrogen) atoms. The number of rotatable bonds is 2. The smallest absolute Gasteiger partial charge is 0.176 e. The first-order valence-corrected chi connectivity index (χ1v) is 10.7. The lowest BCUT2D eigenvalue weighted by molar-refractivity contribution is -0.121. The number of benzene rings is 2. The molecule has 2 aromatic carbocycles. The van der Waals surface area contributed by atoms with Gasteiger partial charge in [0.2, 0.25) is 0 Å². The van der Waals surface area contributed by atoms with Gasteiger partial charge in [-0.2, -0.15) is 10.4 Å². The molecule has 0 saturated heterocycles. The van der Waals surface area contributed by atoms with Crippen LogP contribution in [0.15, 0.2) is 77.4 Å². The number of fused-ring (bicyclic) bond motifs is 3. The van der Waals surface area contributed by atoms with E-state index in [9.17, 15) is 10.1 Å². The molecule has 2 aromatic rings. The molecule has 0 bridgehead atoms. The molecule has 4 heteroatoms. The van der Waals surface area contributed by atoms with Gasteiger partial charge >= 0.3 is 0 Å². The molecule has 0 N–H and O–H groups in total. The van der Waals surface area contributed by atoms with E-state index in [1.165, 1.54) is 5.56 Å². The molecule has 0 amide bonds. The number of carbonyl (C=O) groups excluding carboxylic acids is 1. The van der Waals surface area contributed by atoms with Gasteiger partial charge in [-0.15, -0.1) is 0 Å². The lowest BCUT2D eigenvalue weighted by Crippen LogP contribution is -2.54. The van der Waals surface area contributed by atoms with Gasteiger partial charge in [-0.25, -0.2) is 0 Å². The number of hydrazone groups is 1. The van der Waals surface area contributed by atoms with E-state index in [0.717, 1.165) is 24.1 Å². The Balaban J connectivity index is 1.73. The van der Waals surface area contributed by atoms with Crippen molar-refractivity contribution in [2.45, 2.75) is 31.2 Å². The fourth-order valence-electron chi connectivity index (χ4n) is 6.07. The number of hydrogen-bond donors (Lipinski definition) is 0. The second kappa shape index (κ2) is 6.95. The van der Waals surface area contributed by atoms with Gasteiger partial charge in [0, 0.05) is 18.9 Å². The molecule has 0 spiro atoms. The van der Waals surface area contributed by atoms with Gasteiger partial charge in [-0.1, -0.05) is 67.6 Å². The third kappa shape index (κ3) is 2.51. The minimum atomic E-state index is -0.514. The van der Waals surface area contributed by atoms with Crippen molar-refractivity contribution in [1.82, 2.24) is 5.01 Å². The molecule has 0 aromatic heterocycles. The molecule has 1 fully saturated rings. The van der Waals surface area contributed by atoms with Gasteiger partial charge in [0.1, 0.15) is 6.07 Å². The van der Waals surface area contributed by atoms with Gasteiger partial charge < -0.3 is 0 Å². The number of nitrogens with zero attached hydrogens (tertiary/aromatic N) is 3. The van der Waals surface area contributed by atoms with Crippen LogP contribution in [-0.4, -0.2) is 23.6 Å². The maximum absolute atomic E-state index is 12.9. The Labute approximate surface area is 177 Å². The molecule has 3 aliphatic rings. The summed E-state index contributed by atoms with van der Waals surface area (Å²) in [6.07, 6.45) is 3.88. The molecule has 1 heterocycles. The topological polar surface area (TPSA) is 56.5 Å². The Bertz CT molecular complexity index is 1080. The quantitative estimate of drug-likeness (QED) is 0.743.